The highest BCUT2D eigenvalue weighted by Gasteiger charge is 2.43. The van der Waals surface area contributed by atoms with Crippen molar-refractivity contribution in [3.63, 3.8) is 0 Å². The number of primary amides is 1. The van der Waals surface area contributed by atoms with Crippen LogP contribution >= 0.6 is 0 Å². The molecule has 0 saturated carbocycles. The Morgan fingerprint density at radius 2 is 1.70 bits per heavy atom. The molecule has 5 rings (SSSR count). The minimum absolute atomic E-state index is 0.0583. The van der Waals surface area contributed by atoms with Crippen LogP contribution in [0.25, 0.3) is 10.8 Å². The third-order valence-electron chi connectivity index (χ3n) is 9.31. The van der Waals surface area contributed by atoms with Gasteiger partial charge in [-0.15, -0.1) is 0 Å². The molecule has 248 valence electrons. The normalized spacial score (nSPS) is 20.0. The summed E-state index contributed by atoms with van der Waals surface area (Å²) in [4.78, 5) is 32.1. The van der Waals surface area contributed by atoms with Gasteiger partial charge >= 0.3 is 12.1 Å². The maximum absolute atomic E-state index is 13.8. The Morgan fingerprint density at radius 1 is 1.00 bits per heavy atom. The zero-order chi connectivity index (χ0) is 32.7. The van der Waals surface area contributed by atoms with E-state index in [0.29, 0.717) is 13.1 Å². The van der Waals surface area contributed by atoms with Crippen molar-refractivity contribution in [1.82, 2.24) is 20.0 Å². The zero-order valence-electron chi connectivity index (χ0n) is 27.9. The number of nitrogens with one attached hydrogen (secondary N) is 1. The van der Waals surface area contributed by atoms with Crippen LogP contribution in [-0.4, -0.2) is 84.9 Å². The fourth-order valence-corrected chi connectivity index (χ4v) is 7.13. The summed E-state index contributed by atoms with van der Waals surface area (Å²) in [5.74, 6) is 0. The molecule has 0 radical (unpaired) electrons. The number of amides is 3. The molecule has 2 saturated heterocycles. The van der Waals surface area contributed by atoms with E-state index in [9.17, 15) is 9.59 Å². The molecule has 0 aliphatic carbocycles. The predicted octanol–water partition coefficient (Wildman–Crippen LogP) is 5.92. The minimum atomic E-state index is -0.712. The molecule has 9 heteroatoms. The average molecular weight is 630 g/mol. The second-order valence-electron chi connectivity index (χ2n) is 13.8. The number of benzene rings is 3. The first kappa shape index (κ1) is 33.7. The van der Waals surface area contributed by atoms with Crippen LogP contribution in [0, 0.1) is 5.41 Å². The van der Waals surface area contributed by atoms with Crippen molar-refractivity contribution in [1.29, 1.82) is 0 Å². The molecular formula is C37H51N5O4. The number of morpholine rings is 1. The fraction of sp³-hybridized carbons (Fsp3) is 0.514. The van der Waals surface area contributed by atoms with E-state index in [1.807, 2.05) is 17.0 Å². The molecule has 3 amide bonds. The molecule has 2 aliphatic heterocycles. The highest BCUT2D eigenvalue weighted by molar-refractivity contribution is 5.86. The monoisotopic (exact) mass is 629 g/mol. The smallest absolute Gasteiger partial charge is 0.404 e. The molecule has 2 fully saturated rings. The number of nitrogens with zero attached hydrogens (tertiary/aromatic N) is 3. The molecule has 2 heterocycles. The van der Waals surface area contributed by atoms with Crippen LogP contribution in [0.5, 0.6) is 0 Å². The van der Waals surface area contributed by atoms with E-state index in [-0.39, 0.29) is 29.6 Å². The molecule has 2 aliphatic rings. The van der Waals surface area contributed by atoms with Crippen molar-refractivity contribution < 1.29 is 19.1 Å². The van der Waals surface area contributed by atoms with Gasteiger partial charge in [-0.05, 0) is 52.6 Å². The molecular weight excluding hydrogens is 578 g/mol. The lowest BCUT2D eigenvalue weighted by atomic mass is 9.83. The largest absolute Gasteiger partial charge is 0.445 e. The van der Waals surface area contributed by atoms with Crippen molar-refractivity contribution in [2.45, 2.75) is 71.8 Å². The van der Waals surface area contributed by atoms with E-state index in [2.05, 4.69) is 97.4 Å². The van der Waals surface area contributed by atoms with Crippen LogP contribution in [0.4, 0.5) is 9.59 Å². The SMILES string of the molecule is C[C@H](NC(=O)N(CCCN1CCOCC1)Cc1ccc(CN2CCC(OC(N)=O)[C@@H]2C(C)(C)C)cc1)c1cccc2ccccc12. The number of hydrogen-bond acceptors (Lipinski definition) is 6. The molecule has 0 aromatic heterocycles. The Bertz CT molecular complexity index is 1440. The van der Waals surface area contributed by atoms with Gasteiger partial charge < -0.3 is 25.4 Å². The Labute approximate surface area is 274 Å². The first-order valence-electron chi connectivity index (χ1n) is 16.7. The number of likely N-dealkylation sites (tertiary alicyclic amines) is 1. The number of rotatable bonds is 11. The summed E-state index contributed by atoms with van der Waals surface area (Å²) in [6, 6.07) is 23.0. The van der Waals surface area contributed by atoms with Gasteiger partial charge in [0, 0.05) is 45.8 Å². The number of ether oxygens (including phenoxy) is 2. The van der Waals surface area contributed by atoms with Gasteiger partial charge in [0.2, 0.25) is 0 Å². The van der Waals surface area contributed by atoms with Gasteiger partial charge in [0.15, 0.2) is 0 Å². The van der Waals surface area contributed by atoms with Gasteiger partial charge in [0.25, 0.3) is 0 Å². The molecule has 46 heavy (non-hydrogen) atoms. The number of carbonyl (C=O) groups is 2. The van der Waals surface area contributed by atoms with Crippen LogP contribution in [0.2, 0.25) is 0 Å². The first-order valence-corrected chi connectivity index (χ1v) is 16.7. The van der Waals surface area contributed by atoms with E-state index in [0.717, 1.165) is 75.3 Å². The Hall–Kier alpha value is -3.66. The standard InChI is InChI=1S/C37H51N5O4/c1-27(31-12-7-10-30-9-5-6-11-32(30)31)39-36(44)42(19-8-18-40-21-23-45-24-22-40)26-29-15-13-28(14-16-29)25-41-20-17-33(46-35(38)43)34(41)37(2,3)4/h5-7,9-16,27,33-34H,8,17-26H2,1-4H3,(H2,38,43)(H,39,44)/t27-,33?,34+/m0/s1. The molecule has 3 aromatic rings. The fourth-order valence-electron chi connectivity index (χ4n) is 7.13. The summed E-state index contributed by atoms with van der Waals surface area (Å²) < 4.78 is 11.0. The summed E-state index contributed by atoms with van der Waals surface area (Å²) in [5.41, 5.74) is 8.69. The van der Waals surface area contributed by atoms with Crippen LogP contribution in [0.15, 0.2) is 66.7 Å². The van der Waals surface area contributed by atoms with E-state index in [1.54, 1.807) is 0 Å². The lowest BCUT2D eigenvalue weighted by Crippen LogP contribution is -2.46. The highest BCUT2D eigenvalue weighted by Crippen LogP contribution is 2.35. The van der Waals surface area contributed by atoms with Crippen molar-refractivity contribution in [3.8, 4) is 0 Å². The summed E-state index contributed by atoms with van der Waals surface area (Å²) >= 11 is 0. The number of fused-ring (bicyclic) bond motifs is 1. The molecule has 0 spiro atoms. The van der Waals surface area contributed by atoms with Gasteiger partial charge in [-0.1, -0.05) is 87.5 Å². The Morgan fingerprint density at radius 3 is 2.41 bits per heavy atom. The van der Waals surface area contributed by atoms with Crippen LogP contribution in [0.1, 0.15) is 63.3 Å². The summed E-state index contributed by atoms with van der Waals surface area (Å²) in [5, 5.41) is 5.62. The summed E-state index contributed by atoms with van der Waals surface area (Å²) in [6.07, 6.45) is 0.744. The van der Waals surface area contributed by atoms with E-state index in [4.69, 9.17) is 15.2 Å². The molecule has 1 unspecified atom stereocenters. The van der Waals surface area contributed by atoms with Crippen molar-refractivity contribution in [3.05, 3.63) is 83.4 Å². The third kappa shape index (κ3) is 8.78. The summed E-state index contributed by atoms with van der Waals surface area (Å²) in [6.45, 7) is 15.7. The predicted molar refractivity (Wildman–Crippen MR) is 182 cm³/mol. The lowest BCUT2D eigenvalue weighted by Gasteiger charge is -2.37. The number of carbonyl (C=O) groups excluding carboxylic acids is 2. The topological polar surface area (TPSA) is 100 Å². The van der Waals surface area contributed by atoms with Gasteiger partial charge in [-0.2, -0.15) is 0 Å². The lowest BCUT2D eigenvalue weighted by molar-refractivity contribution is 0.0282. The average Bonchev–Trinajstić information content (AvgIpc) is 3.43. The van der Waals surface area contributed by atoms with Crippen molar-refractivity contribution in [2.75, 3.05) is 45.9 Å². The summed E-state index contributed by atoms with van der Waals surface area (Å²) in [7, 11) is 0. The number of hydrogen-bond donors (Lipinski definition) is 2. The quantitative estimate of drug-likeness (QED) is 0.273. The van der Waals surface area contributed by atoms with Gasteiger partial charge in [-0.25, -0.2) is 9.59 Å². The maximum Gasteiger partial charge on any atom is 0.404 e. The second kappa shape index (κ2) is 15.3. The minimum Gasteiger partial charge on any atom is -0.445 e. The van der Waals surface area contributed by atoms with E-state index >= 15 is 0 Å². The second-order valence-corrected chi connectivity index (χ2v) is 13.8. The molecule has 3 atom stereocenters. The van der Waals surface area contributed by atoms with E-state index < -0.39 is 6.09 Å². The van der Waals surface area contributed by atoms with Gasteiger partial charge in [0.1, 0.15) is 6.10 Å². The highest BCUT2D eigenvalue weighted by atomic mass is 16.6. The molecule has 9 nitrogen and oxygen atoms in total. The molecule has 3 aromatic carbocycles. The number of nitrogens with two attached hydrogens (primary N) is 1. The molecule has 3 N–H and O–H groups in total. The molecule has 0 bridgehead atoms. The first-order chi connectivity index (χ1) is 22.1. The van der Waals surface area contributed by atoms with E-state index in [1.165, 1.54) is 10.9 Å². The number of urea groups is 1. The van der Waals surface area contributed by atoms with Gasteiger partial charge in [-0.3, -0.25) is 9.80 Å². The zero-order valence-corrected chi connectivity index (χ0v) is 27.9. The van der Waals surface area contributed by atoms with Crippen LogP contribution in [-0.2, 0) is 22.6 Å². The Kier molecular flexibility index (Phi) is 11.2. The van der Waals surface area contributed by atoms with Gasteiger partial charge in [0.05, 0.1) is 25.3 Å². The van der Waals surface area contributed by atoms with Crippen molar-refractivity contribution >= 4 is 22.9 Å². The maximum atomic E-state index is 13.8. The van der Waals surface area contributed by atoms with Crippen LogP contribution in [0.3, 0.4) is 0 Å². The third-order valence-corrected chi connectivity index (χ3v) is 9.31. The van der Waals surface area contributed by atoms with Crippen molar-refractivity contribution in [2.24, 2.45) is 11.1 Å². The Balaban J connectivity index is 1.26. The van der Waals surface area contributed by atoms with Crippen LogP contribution < -0.4 is 11.1 Å².